The first kappa shape index (κ1) is 20.4. The molecule has 0 spiro atoms. The fourth-order valence-corrected chi connectivity index (χ4v) is 3.14. The van der Waals surface area contributed by atoms with Crippen LogP contribution < -0.4 is 15.4 Å². The third kappa shape index (κ3) is 6.74. The molecule has 1 aromatic carbocycles. The lowest BCUT2D eigenvalue weighted by molar-refractivity contribution is -0.147. The number of carbonyl (C=O) groups is 3. The van der Waals surface area contributed by atoms with Gasteiger partial charge in [-0.1, -0.05) is 18.2 Å². The fraction of sp³-hybridized carbons (Fsp3) is 0.316. The van der Waals surface area contributed by atoms with Crippen LogP contribution in [0, 0.1) is 0 Å². The lowest BCUT2D eigenvalue weighted by atomic mass is 10.1. The van der Waals surface area contributed by atoms with Gasteiger partial charge in [0.2, 0.25) is 5.91 Å². The highest BCUT2D eigenvalue weighted by Gasteiger charge is 2.20. The minimum Gasteiger partial charge on any atom is -0.492 e. The molecule has 2 amide bonds. The summed E-state index contributed by atoms with van der Waals surface area (Å²) < 4.78 is 10.5. The predicted molar refractivity (Wildman–Crippen MR) is 103 cm³/mol. The first-order valence-electron chi connectivity index (χ1n) is 8.47. The number of anilines is 1. The first-order chi connectivity index (χ1) is 13.0. The fourth-order valence-electron chi connectivity index (χ4n) is 2.37. The summed E-state index contributed by atoms with van der Waals surface area (Å²) in [7, 11) is 0. The normalized spacial score (nSPS) is 11.3. The molecule has 7 nitrogen and oxygen atoms in total. The van der Waals surface area contributed by atoms with Crippen LogP contribution in [0.15, 0.2) is 41.8 Å². The molecule has 1 aromatic heterocycles. The Morgan fingerprint density at radius 3 is 2.59 bits per heavy atom. The van der Waals surface area contributed by atoms with E-state index in [0.29, 0.717) is 18.0 Å². The average Bonchev–Trinajstić information content (AvgIpc) is 3.16. The topological polar surface area (TPSA) is 93.7 Å². The maximum absolute atomic E-state index is 12.1. The summed E-state index contributed by atoms with van der Waals surface area (Å²) >= 11 is 1.43. The summed E-state index contributed by atoms with van der Waals surface area (Å²) in [5.41, 5.74) is 0.509. The molecule has 0 bridgehead atoms. The van der Waals surface area contributed by atoms with Crippen LogP contribution in [0.1, 0.15) is 31.2 Å². The Morgan fingerprint density at radius 2 is 1.93 bits per heavy atom. The van der Waals surface area contributed by atoms with Gasteiger partial charge in [-0.25, -0.2) is 0 Å². The highest BCUT2D eigenvalue weighted by atomic mass is 32.1. The monoisotopic (exact) mass is 390 g/mol. The zero-order chi connectivity index (χ0) is 19.6. The van der Waals surface area contributed by atoms with Crippen molar-refractivity contribution in [2.75, 3.05) is 18.5 Å². The molecule has 0 saturated carbocycles. The van der Waals surface area contributed by atoms with E-state index < -0.39 is 24.5 Å². The molecule has 8 heteroatoms. The van der Waals surface area contributed by atoms with Crippen molar-refractivity contribution in [1.29, 1.82) is 0 Å². The molecule has 0 aliphatic heterocycles. The highest BCUT2D eigenvalue weighted by molar-refractivity contribution is 7.10. The number of hydrogen-bond acceptors (Lipinski definition) is 6. The van der Waals surface area contributed by atoms with Crippen LogP contribution in [0.2, 0.25) is 0 Å². The van der Waals surface area contributed by atoms with Crippen molar-refractivity contribution >= 4 is 34.8 Å². The van der Waals surface area contributed by atoms with Crippen LogP contribution in [0.4, 0.5) is 5.69 Å². The smallest absolute Gasteiger partial charge is 0.308 e. The molecule has 27 heavy (non-hydrogen) atoms. The van der Waals surface area contributed by atoms with Gasteiger partial charge < -0.3 is 20.1 Å². The van der Waals surface area contributed by atoms with Crippen LogP contribution in [-0.4, -0.2) is 31.0 Å². The van der Waals surface area contributed by atoms with E-state index in [4.69, 9.17) is 9.47 Å². The van der Waals surface area contributed by atoms with Crippen molar-refractivity contribution in [2.45, 2.75) is 26.3 Å². The lowest BCUT2D eigenvalue weighted by Gasteiger charge is -2.16. The van der Waals surface area contributed by atoms with Gasteiger partial charge in [0.15, 0.2) is 6.61 Å². The molecule has 2 rings (SSSR count). The number of benzene rings is 1. The second kappa shape index (κ2) is 10.3. The number of carbonyl (C=O) groups excluding carboxylic acids is 3. The lowest BCUT2D eigenvalue weighted by Crippen LogP contribution is -2.29. The molecule has 2 N–H and O–H groups in total. The summed E-state index contributed by atoms with van der Waals surface area (Å²) in [4.78, 5) is 36.3. The Kier molecular flexibility index (Phi) is 7.81. The highest BCUT2D eigenvalue weighted by Crippen LogP contribution is 2.24. The third-order valence-corrected chi connectivity index (χ3v) is 4.45. The SMILES string of the molecule is CCOc1ccccc1NC(=O)COC(=O)CC(NC(C)=O)c1cccs1. The van der Waals surface area contributed by atoms with Crippen molar-refractivity contribution in [2.24, 2.45) is 0 Å². The van der Waals surface area contributed by atoms with Gasteiger partial charge in [-0.15, -0.1) is 11.3 Å². The number of nitrogens with one attached hydrogen (secondary N) is 2. The van der Waals surface area contributed by atoms with Crippen LogP contribution >= 0.6 is 11.3 Å². The Labute approximate surface area is 161 Å². The number of para-hydroxylation sites is 2. The van der Waals surface area contributed by atoms with E-state index >= 15 is 0 Å². The maximum Gasteiger partial charge on any atom is 0.308 e. The van der Waals surface area contributed by atoms with Gasteiger partial charge in [0.25, 0.3) is 5.91 Å². The van der Waals surface area contributed by atoms with Crippen LogP contribution in [-0.2, 0) is 19.1 Å². The standard InChI is InChI=1S/C19H22N2O5S/c1-3-25-16-8-5-4-7-14(16)21-18(23)12-26-19(24)11-15(20-13(2)22)17-9-6-10-27-17/h4-10,15H,3,11-12H2,1-2H3,(H,20,22)(H,21,23). The number of esters is 1. The zero-order valence-corrected chi connectivity index (χ0v) is 16.0. The average molecular weight is 390 g/mol. The van der Waals surface area contributed by atoms with Crippen molar-refractivity contribution < 1.29 is 23.9 Å². The maximum atomic E-state index is 12.1. The number of ether oxygens (including phenoxy) is 2. The minimum atomic E-state index is -0.574. The zero-order valence-electron chi connectivity index (χ0n) is 15.2. The Morgan fingerprint density at radius 1 is 1.15 bits per heavy atom. The summed E-state index contributed by atoms with van der Waals surface area (Å²) in [5.74, 6) is -0.743. The minimum absolute atomic E-state index is 0.0527. The first-order valence-corrected chi connectivity index (χ1v) is 9.35. The number of thiophene rings is 1. The largest absolute Gasteiger partial charge is 0.492 e. The summed E-state index contributed by atoms with van der Waals surface area (Å²) in [5, 5.41) is 7.23. The van der Waals surface area contributed by atoms with Crippen LogP contribution in [0.25, 0.3) is 0 Å². The van der Waals surface area contributed by atoms with Gasteiger partial charge in [-0.2, -0.15) is 0 Å². The van der Waals surface area contributed by atoms with E-state index in [1.165, 1.54) is 18.3 Å². The molecule has 0 aliphatic carbocycles. The second-order valence-electron chi connectivity index (χ2n) is 5.61. The van der Waals surface area contributed by atoms with E-state index in [-0.39, 0.29) is 12.3 Å². The Hall–Kier alpha value is -2.87. The number of rotatable bonds is 9. The molecule has 0 aliphatic rings. The molecule has 1 unspecified atom stereocenters. The van der Waals surface area contributed by atoms with Crippen molar-refractivity contribution in [1.82, 2.24) is 5.32 Å². The van der Waals surface area contributed by atoms with E-state index in [2.05, 4.69) is 10.6 Å². The molecule has 0 saturated heterocycles. The van der Waals surface area contributed by atoms with Crippen molar-refractivity contribution in [3.05, 3.63) is 46.7 Å². The Balaban J connectivity index is 1.87. The summed E-state index contributed by atoms with van der Waals surface area (Å²) in [6, 6.07) is 10.2. The van der Waals surface area contributed by atoms with Gasteiger partial charge in [0.1, 0.15) is 5.75 Å². The van der Waals surface area contributed by atoms with E-state index in [0.717, 1.165) is 4.88 Å². The van der Waals surface area contributed by atoms with Crippen molar-refractivity contribution in [3.8, 4) is 5.75 Å². The van der Waals surface area contributed by atoms with Crippen LogP contribution in [0.3, 0.4) is 0 Å². The van der Waals surface area contributed by atoms with Gasteiger partial charge >= 0.3 is 5.97 Å². The van der Waals surface area contributed by atoms with E-state index in [9.17, 15) is 14.4 Å². The molecule has 144 valence electrons. The van der Waals surface area contributed by atoms with E-state index in [1.54, 1.807) is 24.3 Å². The van der Waals surface area contributed by atoms with Crippen LogP contribution in [0.5, 0.6) is 5.75 Å². The molecule has 1 atom stereocenters. The summed E-state index contributed by atoms with van der Waals surface area (Å²) in [6.45, 7) is 3.28. The van der Waals surface area contributed by atoms with Gasteiger partial charge in [-0.3, -0.25) is 14.4 Å². The predicted octanol–water partition coefficient (Wildman–Crippen LogP) is 2.90. The van der Waals surface area contributed by atoms with E-state index in [1.807, 2.05) is 24.4 Å². The molecule has 0 radical (unpaired) electrons. The molecule has 1 heterocycles. The van der Waals surface area contributed by atoms with Gasteiger partial charge in [0, 0.05) is 11.8 Å². The molecule has 0 fully saturated rings. The third-order valence-electron chi connectivity index (χ3n) is 3.46. The number of amides is 2. The van der Waals surface area contributed by atoms with Gasteiger partial charge in [-0.05, 0) is 30.5 Å². The molecular formula is C19H22N2O5S. The Bertz CT molecular complexity index is 776. The number of hydrogen-bond donors (Lipinski definition) is 2. The second-order valence-corrected chi connectivity index (χ2v) is 6.59. The molecular weight excluding hydrogens is 368 g/mol. The van der Waals surface area contributed by atoms with Crippen molar-refractivity contribution in [3.63, 3.8) is 0 Å². The quantitative estimate of drug-likeness (QED) is 0.642. The van der Waals surface area contributed by atoms with Gasteiger partial charge in [0.05, 0.1) is 24.8 Å². The summed E-state index contributed by atoms with van der Waals surface area (Å²) in [6.07, 6.45) is -0.0527. The molecule has 2 aromatic rings.